The van der Waals surface area contributed by atoms with Crippen molar-refractivity contribution in [1.29, 1.82) is 0 Å². The zero-order valence-electron chi connectivity index (χ0n) is 32.5. The normalized spacial score (nSPS) is 11.3. The maximum atomic E-state index is 13.5. The predicted molar refractivity (Wildman–Crippen MR) is 235 cm³/mol. The molecule has 59 heavy (non-hydrogen) atoms. The lowest BCUT2D eigenvalue weighted by Gasteiger charge is -2.14. The molecule has 8 aromatic rings. The van der Waals surface area contributed by atoms with Gasteiger partial charge in [-0.15, -0.1) is 0 Å². The first kappa shape index (κ1) is 39.1. The Hall–Kier alpha value is -6.78. The summed E-state index contributed by atoms with van der Waals surface area (Å²) in [7, 11) is 0. The second kappa shape index (κ2) is 19.1. The Balaban J connectivity index is 0.712. The largest absolute Gasteiger partial charge is 0.489 e. The molecular formula is C50H44N2O7. The molecule has 0 bridgehead atoms. The number of amides is 2. The smallest absolute Gasteiger partial charge is 0.256 e. The van der Waals surface area contributed by atoms with E-state index in [0.717, 1.165) is 43.1 Å². The van der Waals surface area contributed by atoms with E-state index in [2.05, 4.69) is 59.2 Å². The van der Waals surface area contributed by atoms with Crippen LogP contribution in [0.4, 0.5) is 11.4 Å². The zero-order chi connectivity index (χ0) is 40.2. The molecule has 0 saturated heterocycles. The molecule has 0 spiro atoms. The van der Waals surface area contributed by atoms with Crippen LogP contribution in [-0.2, 0) is 14.2 Å². The number of para-hydroxylation sites is 4. The monoisotopic (exact) mass is 784 g/mol. The molecule has 0 aliphatic carbocycles. The first-order valence-electron chi connectivity index (χ1n) is 19.7. The average Bonchev–Trinajstić information content (AvgIpc) is 3.27. The number of carbonyl (C=O) groups is 2. The predicted octanol–water partition coefficient (Wildman–Crippen LogP) is 10.3. The van der Waals surface area contributed by atoms with Crippen LogP contribution in [0.15, 0.2) is 158 Å². The third-order valence-corrected chi connectivity index (χ3v) is 9.97. The first-order valence-corrected chi connectivity index (χ1v) is 19.7. The van der Waals surface area contributed by atoms with Gasteiger partial charge in [-0.3, -0.25) is 9.59 Å². The Morgan fingerprint density at radius 1 is 0.356 bits per heavy atom. The fourth-order valence-corrected chi connectivity index (χ4v) is 7.06. The summed E-state index contributed by atoms with van der Waals surface area (Å²) >= 11 is 0. The molecule has 0 aromatic heterocycles. The second-order valence-electron chi connectivity index (χ2n) is 13.9. The van der Waals surface area contributed by atoms with Gasteiger partial charge in [-0.1, -0.05) is 97.1 Å². The molecule has 0 heterocycles. The fourth-order valence-electron chi connectivity index (χ4n) is 7.06. The van der Waals surface area contributed by atoms with E-state index in [1.807, 2.05) is 109 Å². The van der Waals surface area contributed by atoms with Crippen LogP contribution in [-0.4, -0.2) is 64.7 Å². The number of fused-ring (bicyclic) bond motifs is 4. The van der Waals surface area contributed by atoms with Crippen LogP contribution in [0.2, 0.25) is 0 Å². The molecule has 8 aromatic carbocycles. The van der Waals surface area contributed by atoms with Crippen molar-refractivity contribution in [2.75, 3.05) is 63.5 Å². The first-order chi connectivity index (χ1) is 29.1. The average molecular weight is 785 g/mol. The van der Waals surface area contributed by atoms with Crippen molar-refractivity contribution in [2.45, 2.75) is 0 Å². The van der Waals surface area contributed by atoms with Gasteiger partial charge in [0.15, 0.2) is 0 Å². The number of nitrogens with one attached hydrogen (secondary N) is 2. The van der Waals surface area contributed by atoms with Crippen molar-refractivity contribution in [3.63, 3.8) is 0 Å². The molecule has 9 heteroatoms. The Morgan fingerprint density at radius 3 is 1.12 bits per heavy atom. The van der Waals surface area contributed by atoms with Crippen molar-refractivity contribution in [3.05, 3.63) is 169 Å². The maximum Gasteiger partial charge on any atom is 0.256 e. The van der Waals surface area contributed by atoms with E-state index in [1.54, 1.807) is 0 Å². The SMILES string of the molecule is O=C(Nc1ccccc1OCCOCCOCCOCCOc1ccccc1NC(=O)c1cccc2cc3ccccc3cc12)c1cccc2cc3ccccc3cc12. The standard InChI is InChI=1S/C50H44N2O7/c53-49(41-17-9-15-39-31-35-11-1-3-13-37(35)33-43(39)41)51-45-19-5-7-21-47(45)58-29-27-56-25-23-55-24-26-57-28-30-59-48-22-8-6-20-46(48)52-50(54)42-18-10-16-40-32-36-12-2-4-14-38(36)34-44(40)42/h1-22,31-34H,23-30H2,(H,51,53)(H,52,54). The summed E-state index contributed by atoms with van der Waals surface area (Å²) in [5, 5.41) is 14.3. The van der Waals surface area contributed by atoms with E-state index in [4.69, 9.17) is 23.7 Å². The van der Waals surface area contributed by atoms with Gasteiger partial charge >= 0.3 is 0 Å². The maximum absolute atomic E-state index is 13.5. The van der Waals surface area contributed by atoms with Crippen LogP contribution in [0.25, 0.3) is 43.1 Å². The van der Waals surface area contributed by atoms with Crippen LogP contribution in [0, 0.1) is 0 Å². The second-order valence-corrected chi connectivity index (χ2v) is 13.9. The minimum atomic E-state index is -0.204. The van der Waals surface area contributed by atoms with E-state index < -0.39 is 0 Å². The Kier molecular flexibility index (Phi) is 12.7. The lowest BCUT2D eigenvalue weighted by atomic mass is 9.99. The van der Waals surface area contributed by atoms with Crippen LogP contribution < -0.4 is 20.1 Å². The molecule has 0 aliphatic rings. The van der Waals surface area contributed by atoms with E-state index in [1.165, 1.54) is 0 Å². The third kappa shape index (κ3) is 9.68. The molecule has 0 fully saturated rings. The molecule has 2 N–H and O–H groups in total. The van der Waals surface area contributed by atoms with Gasteiger partial charge in [-0.05, 0) is 104 Å². The summed E-state index contributed by atoms with van der Waals surface area (Å²) in [5.74, 6) is 0.723. The van der Waals surface area contributed by atoms with Crippen molar-refractivity contribution in [2.24, 2.45) is 0 Å². The summed E-state index contributed by atoms with van der Waals surface area (Å²) in [6.07, 6.45) is 0. The molecule has 0 aliphatic heterocycles. The van der Waals surface area contributed by atoms with Gasteiger partial charge in [-0.2, -0.15) is 0 Å². The van der Waals surface area contributed by atoms with Crippen molar-refractivity contribution in [3.8, 4) is 11.5 Å². The van der Waals surface area contributed by atoms with E-state index in [9.17, 15) is 9.59 Å². The van der Waals surface area contributed by atoms with Gasteiger partial charge in [0.25, 0.3) is 11.8 Å². The number of anilines is 2. The van der Waals surface area contributed by atoms with E-state index in [0.29, 0.717) is 86.9 Å². The van der Waals surface area contributed by atoms with Crippen molar-refractivity contribution < 1.29 is 33.3 Å². The highest BCUT2D eigenvalue weighted by Gasteiger charge is 2.15. The Bertz CT molecular complexity index is 2550. The summed E-state index contributed by atoms with van der Waals surface area (Å²) in [6.45, 7) is 2.96. The molecule has 0 radical (unpaired) electrons. The highest BCUT2D eigenvalue weighted by Crippen LogP contribution is 2.30. The Labute approximate surface area is 342 Å². The van der Waals surface area contributed by atoms with Crippen LogP contribution in [0.1, 0.15) is 20.7 Å². The number of hydrogen-bond donors (Lipinski definition) is 2. The van der Waals surface area contributed by atoms with Crippen LogP contribution >= 0.6 is 0 Å². The third-order valence-electron chi connectivity index (χ3n) is 9.97. The number of hydrogen-bond acceptors (Lipinski definition) is 7. The topological polar surface area (TPSA) is 104 Å². The number of rotatable bonds is 18. The van der Waals surface area contributed by atoms with Gasteiger partial charge in [0.2, 0.25) is 0 Å². The summed E-state index contributed by atoms with van der Waals surface area (Å²) in [6, 6.07) is 50.9. The van der Waals surface area contributed by atoms with Gasteiger partial charge < -0.3 is 34.3 Å². The summed E-state index contributed by atoms with van der Waals surface area (Å²) in [5.41, 5.74) is 2.37. The molecule has 8 rings (SSSR count). The fraction of sp³-hybridized carbons (Fsp3) is 0.160. The Morgan fingerprint density at radius 2 is 0.695 bits per heavy atom. The van der Waals surface area contributed by atoms with E-state index >= 15 is 0 Å². The van der Waals surface area contributed by atoms with E-state index in [-0.39, 0.29) is 11.8 Å². The van der Waals surface area contributed by atoms with Gasteiger partial charge in [0.05, 0.1) is 51.0 Å². The van der Waals surface area contributed by atoms with Gasteiger partial charge in [0, 0.05) is 11.1 Å². The van der Waals surface area contributed by atoms with Crippen LogP contribution in [0.5, 0.6) is 11.5 Å². The molecule has 296 valence electrons. The minimum Gasteiger partial charge on any atom is -0.489 e. The number of carbonyl (C=O) groups excluding carboxylic acids is 2. The molecule has 2 amide bonds. The highest BCUT2D eigenvalue weighted by molar-refractivity contribution is 6.16. The van der Waals surface area contributed by atoms with Gasteiger partial charge in [-0.25, -0.2) is 0 Å². The molecular weight excluding hydrogens is 741 g/mol. The van der Waals surface area contributed by atoms with Crippen molar-refractivity contribution in [1.82, 2.24) is 0 Å². The highest BCUT2D eigenvalue weighted by atomic mass is 16.6. The molecule has 9 nitrogen and oxygen atoms in total. The van der Waals surface area contributed by atoms with Crippen LogP contribution in [0.3, 0.4) is 0 Å². The molecule has 0 saturated carbocycles. The molecule has 0 atom stereocenters. The minimum absolute atomic E-state index is 0.204. The van der Waals surface area contributed by atoms with Gasteiger partial charge in [0.1, 0.15) is 24.7 Å². The molecule has 0 unspecified atom stereocenters. The summed E-state index contributed by atoms with van der Waals surface area (Å²) < 4.78 is 29.0. The summed E-state index contributed by atoms with van der Waals surface area (Å²) in [4.78, 5) is 26.9. The number of benzene rings is 8. The number of ether oxygens (including phenoxy) is 5. The lowest BCUT2D eigenvalue weighted by molar-refractivity contribution is 0.00505. The van der Waals surface area contributed by atoms with Crippen molar-refractivity contribution >= 4 is 66.3 Å². The lowest BCUT2D eigenvalue weighted by Crippen LogP contribution is -2.16. The zero-order valence-corrected chi connectivity index (χ0v) is 32.5. The quantitative estimate of drug-likeness (QED) is 0.0659.